The van der Waals surface area contributed by atoms with Gasteiger partial charge < -0.3 is 5.32 Å². The minimum Gasteiger partial charge on any atom is -0.349 e. The van der Waals surface area contributed by atoms with Crippen LogP contribution in [-0.4, -0.2) is 57.5 Å². The fraction of sp³-hybridized carbons (Fsp3) is 0.429. The number of nitrogens with one attached hydrogen (secondary N) is 1. The largest absolute Gasteiger partial charge is 0.349 e. The predicted molar refractivity (Wildman–Crippen MR) is 88.2 cm³/mol. The van der Waals surface area contributed by atoms with Crippen molar-refractivity contribution in [2.24, 2.45) is 0 Å². The van der Waals surface area contributed by atoms with Gasteiger partial charge in [0.2, 0.25) is 11.7 Å². The molecule has 1 aromatic heterocycles. The van der Waals surface area contributed by atoms with E-state index in [2.05, 4.69) is 20.7 Å². The summed E-state index contributed by atoms with van der Waals surface area (Å²) in [5.41, 5.74) is 1.92. The number of nitrogens with zero attached hydrogens (tertiary/aromatic N) is 4. The summed E-state index contributed by atoms with van der Waals surface area (Å²) in [5, 5.41) is 13.9. The van der Waals surface area contributed by atoms with Gasteiger partial charge in [-0.1, -0.05) is 29.8 Å². The van der Waals surface area contributed by atoms with Gasteiger partial charge in [-0.05, 0) is 12.1 Å². The van der Waals surface area contributed by atoms with Crippen LogP contribution in [0.25, 0.3) is 11.4 Å². The van der Waals surface area contributed by atoms with E-state index in [1.165, 1.54) is 0 Å². The molecule has 2 atom stereocenters. The van der Waals surface area contributed by atoms with Gasteiger partial charge in [0.15, 0.2) is 9.84 Å². The molecule has 2 heterocycles. The zero-order valence-corrected chi connectivity index (χ0v) is 14.5. The van der Waals surface area contributed by atoms with Crippen LogP contribution in [0.3, 0.4) is 0 Å². The van der Waals surface area contributed by atoms with Gasteiger partial charge in [0.25, 0.3) is 0 Å². The highest BCUT2D eigenvalue weighted by Crippen LogP contribution is 2.18. The number of tetrazole rings is 1. The molecule has 3 rings (SSSR count). The van der Waals surface area contributed by atoms with Gasteiger partial charge in [-0.3, -0.25) is 4.79 Å². The van der Waals surface area contributed by atoms with Crippen molar-refractivity contribution >= 4 is 27.3 Å². The van der Waals surface area contributed by atoms with Crippen molar-refractivity contribution in [3.05, 3.63) is 29.8 Å². The summed E-state index contributed by atoms with van der Waals surface area (Å²) in [5.74, 6) is -0.262. The molecule has 2 aromatic rings. The Hall–Kier alpha value is -2.00. The lowest BCUT2D eigenvalue weighted by molar-refractivity contribution is -0.122. The van der Waals surface area contributed by atoms with Crippen LogP contribution in [0.4, 0.5) is 0 Å². The van der Waals surface area contributed by atoms with Crippen LogP contribution in [0.2, 0.25) is 0 Å². The van der Waals surface area contributed by atoms with E-state index < -0.39 is 27.2 Å². The highest BCUT2D eigenvalue weighted by atomic mass is 35.5. The first-order valence-corrected chi connectivity index (χ1v) is 9.57. The first kappa shape index (κ1) is 16.8. The van der Waals surface area contributed by atoms with E-state index in [0.29, 0.717) is 5.82 Å². The van der Waals surface area contributed by atoms with Crippen LogP contribution in [0.15, 0.2) is 24.3 Å². The highest BCUT2D eigenvalue weighted by molar-refractivity contribution is 7.91. The Bertz CT molecular complexity index is 850. The number of rotatable bonds is 4. The lowest BCUT2D eigenvalue weighted by Gasteiger charge is -2.13. The van der Waals surface area contributed by atoms with Crippen molar-refractivity contribution in [3.8, 4) is 11.4 Å². The third kappa shape index (κ3) is 3.90. The average Bonchev–Trinajstić information content (AvgIpc) is 3.04. The predicted octanol–water partition coefficient (Wildman–Crippen LogP) is 0.169. The zero-order valence-electron chi connectivity index (χ0n) is 12.9. The van der Waals surface area contributed by atoms with Gasteiger partial charge in [-0.25, -0.2) is 8.42 Å². The van der Waals surface area contributed by atoms with Gasteiger partial charge in [-0.15, -0.1) is 21.8 Å². The van der Waals surface area contributed by atoms with Gasteiger partial charge >= 0.3 is 0 Å². The fourth-order valence-electron chi connectivity index (χ4n) is 2.45. The number of amides is 1. The second kappa shape index (κ2) is 6.48. The molecule has 1 N–H and O–H groups in total. The number of hydrogen-bond donors (Lipinski definition) is 1. The first-order valence-electron chi connectivity index (χ1n) is 7.31. The van der Waals surface area contributed by atoms with E-state index in [1.807, 2.05) is 31.2 Å². The first-order chi connectivity index (χ1) is 11.3. The molecule has 0 spiro atoms. The summed E-state index contributed by atoms with van der Waals surface area (Å²) in [6, 6.07) is 7.02. The monoisotopic (exact) mass is 369 g/mol. The van der Waals surface area contributed by atoms with E-state index in [9.17, 15) is 13.2 Å². The van der Waals surface area contributed by atoms with Crippen molar-refractivity contribution in [2.45, 2.75) is 24.9 Å². The van der Waals surface area contributed by atoms with Crippen LogP contribution in [0.5, 0.6) is 0 Å². The molecule has 1 fully saturated rings. The van der Waals surface area contributed by atoms with E-state index in [1.54, 1.807) is 0 Å². The molecule has 1 aromatic carbocycles. The molecule has 1 aliphatic heterocycles. The molecule has 0 unspecified atom stereocenters. The number of alkyl halides is 1. The summed E-state index contributed by atoms with van der Waals surface area (Å²) in [7, 11) is -3.20. The minimum atomic E-state index is -3.20. The molecule has 8 nitrogen and oxygen atoms in total. The summed E-state index contributed by atoms with van der Waals surface area (Å²) in [4.78, 5) is 13.2. The minimum absolute atomic E-state index is 0.126. The fourth-order valence-corrected chi connectivity index (χ4v) is 5.00. The van der Waals surface area contributed by atoms with Crippen molar-refractivity contribution in [3.63, 3.8) is 0 Å². The van der Waals surface area contributed by atoms with Crippen molar-refractivity contribution in [2.75, 3.05) is 11.5 Å². The number of benzene rings is 1. The van der Waals surface area contributed by atoms with Crippen LogP contribution in [0, 0.1) is 6.92 Å². The molecule has 1 aliphatic rings. The average molecular weight is 370 g/mol. The Morgan fingerprint density at radius 3 is 2.67 bits per heavy atom. The molecule has 1 amide bonds. The van der Waals surface area contributed by atoms with E-state index >= 15 is 0 Å². The molecule has 1 saturated heterocycles. The maximum atomic E-state index is 12.0. The number of carbonyl (C=O) groups excluding carboxylic acids is 1. The van der Waals surface area contributed by atoms with Gasteiger partial charge in [0, 0.05) is 5.56 Å². The van der Waals surface area contributed by atoms with Gasteiger partial charge in [-0.2, -0.15) is 4.80 Å². The molecule has 0 radical (unpaired) electrons. The molecule has 10 heteroatoms. The standard InChI is InChI=1S/C14H16ClN5O3S/c1-9-2-4-10(5-3-9)14-17-19-20(18-14)6-13(21)16-12-8-24(22,23)7-11(12)15/h2-5,11-12H,6-8H2,1H3,(H,16,21)/t11-,12+/m0/s1. The number of aryl methyl sites for hydroxylation is 1. The van der Waals surface area contributed by atoms with Gasteiger partial charge in [0.05, 0.1) is 22.9 Å². The molecule has 0 aliphatic carbocycles. The Morgan fingerprint density at radius 1 is 1.33 bits per heavy atom. The number of aromatic nitrogens is 4. The topological polar surface area (TPSA) is 107 Å². The number of carbonyl (C=O) groups is 1. The zero-order chi connectivity index (χ0) is 17.3. The SMILES string of the molecule is Cc1ccc(-c2nnn(CC(=O)N[C@@H]3CS(=O)(=O)C[C@@H]3Cl)n2)cc1. The molecular formula is C14H16ClN5O3S. The van der Waals surface area contributed by atoms with Crippen molar-refractivity contribution < 1.29 is 13.2 Å². The van der Waals surface area contributed by atoms with Gasteiger partial charge in [0.1, 0.15) is 6.54 Å². The second-order valence-corrected chi connectivity index (χ2v) is 8.49. The van der Waals surface area contributed by atoms with Crippen LogP contribution >= 0.6 is 11.6 Å². The summed E-state index contributed by atoms with van der Waals surface area (Å²) in [6.07, 6.45) is 0. The van der Waals surface area contributed by atoms with E-state index in [0.717, 1.165) is 15.9 Å². The maximum absolute atomic E-state index is 12.0. The number of sulfone groups is 1. The molecule has 24 heavy (non-hydrogen) atoms. The summed E-state index contributed by atoms with van der Waals surface area (Å²) in [6.45, 7) is 1.82. The number of halogens is 1. The number of hydrogen-bond acceptors (Lipinski definition) is 6. The van der Waals surface area contributed by atoms with Crippen LogP contribution in [-0.2, 0) is 21.2 Å². The molecule has 0 saturated carbocycles. The summed E-state index contributed by atoms with van der Waals surface area (Å²) >= 11 is 5.96. The lowest BCUT2D eigenvalue weighted by atomic mass is 10.1. The third-order valence-electron chi connectivity index (χ3n) is 3.68. The lowest BCUT2D eigenvalue weighted by Crippen LogP contribution is -2.42. The molecule has 0 bridgehead atoms. The quantitative estimate of drug-likeness (QED) is 0.770. The third-order valence-corrected chi connectivity index (χ3v) is 6.05. The Labute approximate surface area is 144 Å². The normalized spacial score (nSPS) is 22.4. The maximum Gasteiger partial charge on any atom is 0.243 e. The Balaban J connectivity index is 1.62. The van der Waals surface area contributed by atoms with E-state index in [4.69, 9.17) is 11.6 Å². The highest BCUT2D eigenvalue weighted by Gasteiger charge is 2.37. The van der Waals surface area contributed by atoms with Crippen molar-refractivity contribution in [1.29, 1.82) is 0 Å². The Kier molecular flexibility index (Phi) is 4.55. The van der Waals surface area contributed by atoms with E-state index in [-0.39, 0.29) is 18.1 Å². The Morgan fingerprint density at radius 2 is 2.04 bits per heavy atom. The smallest absolute Gasteiger partial charge is 0.243 e. The molecular weight excluding hydrogens is 354 g/mol. The van der Waals surface area contributed by atoms with Crippen molar-refractivity contribution in [1.82, 2.24) is 25.5 Å². The van der Waals surface area contributed by atoms with Crippen LogP contribution in [0.1, 0.15) is 5.56 Å². The summed E-state index contributed by atoms with van der Waals surface area (Å²) < 4.78 is 23.0. The molecule has 128 valence electrons. The van der Waals surface area contributed by atoms with Crippen LogP contribution < -0.4 is 5.32 Å². The second-order valence-electron chi connectivity index (χ2n) is 5.78.